The first-order chi connectivity index (χ1) is 9.33. The summed E-state index contributed by atoms with van der Waals surface area (Å²) in [4.78, 5) is 4.26. The molecule has 19 heavy (non-hydrogen) atoms. The van der Waals surface area contributed by atoms with Crippen molar-refractivity contribution >= 4 is 0 Å². The van der Waals surface area contributed by atoms with Gasteiger partial charge < -0.3 is 9.30 Å². The van der Waals surface area contributed by atoms with E-state index in [2.05, 4.69) is 21.7 Å². The van der Waals surface area contributed by atoms with Crippen molar-refractivity contribution in [1.82, 2.24) is 9.55 Å². The van der Waals surface area contributed by atoms with E-state index in [1.54, 1.807) is 0 Å². The molecule has 1 aliphatic heterocycles. The first kappa shape index (κ1) is 10.8. The van der Waals surface area contributed by atoms with Gasteiger partial charge in [-0.2, -0.15) is 5.26 Å². The van der Waals surface area contributed by atoms with Crippen LogP contribution in [0.15, 0.2) is 30.7 Å². The Labute approximate surface area is 111 Å². The van der Waals surface area contributed by atoms with Crippen LogP contribution in [0.2, 0.25) is 0 Å². The molecular weight excluding hydrogens is 238 g/mol. The molecule has 94 valence electrons. The van der Waals surface area contributed by atoms with Gasteiger partial charge in [0.2, 0.25) is 0 Å². The van der Waals surface area contributed by atoms with Gasteiger partial charge in [0.1, 0.15) is 0 Å². The third-order valence-corrected chi connectivity index (χ3v) is 4.31. The molecule has 0 radical (unpaired) electrons. The molecule has 2 heterocycles. The topological polar surface area (TPSA) is 50.8 Å². The van der Waals surface area contributed by atoms with Crippen LogP contribution in [-0.4, -0.2) is 16.2 Å². The Kier molecular flexibility index (Phi) is 2.09. The highest BCUT2D eigenvalue weighted by molar-refractivity contribution is 5.46. The van der Waals surface area contributed by atoms with Crippen molar-refractivity contribution in [1.29, 1.82) is 5.26 Å². The highest BCUT2D eigenvalue weighted by atomic mass is 16.5. The third kappa shape index (κ3) is 1.33. The SMILES string of the molecule is N#Cc1ccc2c(c1)CCC21COCc2cncn21. The van der Waals surface area contributed by atoms with E-state index in [0.717, 1.165) is 24.1 Å². The Morgan fingerprint density at radius 2 is 2.37 bits per heavy atom. The number of ether oxygens (including phenoxy) is 1. The van der Waals surface area contributed by atoms with Crippen molar-refractivity contribution in [2.75, 3.05) is 6.61 Å². The molecule has 4 nitrogen and oxygen atoms in total. The molecule has 2 aromatic rings. The van der Waals surface area contributed by atoms with Crippen molar-refractivity contribution in [3.63, 3.8) is 0 Å². The lowest BCUT2D eigenvalue weighted by Crippen LogP contribution is -2.41. The van der Waals surface area contributed by atoms with Crippen LogP contribution in [0.25, 0.3) is 0 Å². The minimum atomic E-state index is -0.118. The average molecular weight is 251 g/mol. The van der Waals surface area contributed by atoms with Gasteiger partial charge in [-0.05, 0) is 36.1 Å². The van der Waals surface area contributed by atoms with E-state index in [1.165, 1.54) is 11.1 Å². The highest BCUT2D eigenvalue weighted by Gasteiger charge is 2.43. The summed E-state index contributed by atoms with van der Waals surface area (Å²) in [7, 11) is 0. The summed E-state index contributed by atoms with van der Waals surface area (Å²) in [6, 6.07) is 8.20. The van der Waals surface area contributed by atoms with E-state index in [1.807, 2.05) is 24.7 Å². The van der Waals surface area contributed by atoms with Crippen LogP contribution in [0.4, 0.5) is 0 Å². The highest BCUT2D eigenvalue weighted by Crippen LogP contribution is 2.43. The molecule has 0 fully saturated rings. The lowest BCUT2D eigenvalue weighted by atomic mass is 9.90. The molecule has 4 rings (SSSR count). The molecule has 0 bridgehead atoms. The molecule has 1 spiro atoms. The Morgan fingerprint density at radius 3 is 3.26 bits per heavy atom. The molecule has 1 aliphatic carbocycles. The molecule has 0 amide bonds. The lowest BCUT2D eigenvalue weighted by Gasteiger charge is -2.37. The molecule has 0 N–H and O–H groups in total. The van der Waals surface area contributed by atoms with Gasteiger partial charge in [0, 0.05) is 0 Å². The molecular formula is C15H13N3O. The second-order valence-corrected chi connectivity index (χ2v) is 5.26. The molecule has 0 saturated carbocycles. The normalized spacial score (nSPS) is 23.9. The molecule has 1 unspecified atom stereocenters. The fourth-order valence-electron chi connectivity index (χ4n) is 3.41. The van der Waals surface area contributed by atoms with Crippen LogP contribution < -0.4 is 0 Å². The number of aryl methyl sites for hydroxylation is 1. The monoisotopic (exact) mass is 251 g/mol. The minimum Gasteiger partial charge on any atom is -0.372 e. The number of nitriles is 1. The predicted octanol–water partition coefficient (Wildman–Crippen LogP) is 1.97. The van der Waals surface area contributed by atoms with E-state index in [4.69, 9.17) is 10.00 Å². The van der Waals surface area contributed by atoms with Gasteiger partial charge in [-0.3, -0.25) is 0 Å². The van der Waals surface area contributed by atoms with E-state index in [-0.39, 0.29) is 5.54 Å². The number of imidazole rings is 1. The summed E-state index contributed by atoms with van der Waals surface area (Å²) in [6.07, 6.45) is 5.79. The molecule has 0 saturated heterocycles. The summed E-state index contributed by atoms with van der Waals surface area (Å²) < 4.78 is 8.04. The number of hydrogen-bond acceptors (Lipinski definition) is 3. The zero-order valence-corrected chi connectivity index (χ0v) is 10.5. The Hall–Kier alpha value is -2.12. The van der Waals surface area contributed by atoms with Crippen LogP contribution in [0.3, 0.4) is 0 Å². The van der Waals surface area contributed by atoms with Gasteiger partial charge in [-0.25, -0.2) is 4.98 Å². The van der Waals surface area contributed by atoms with E-state index < -0.39 is 0 Å². The van der Waals surface area contributed by atoms with Gasteiger partial charge in [-0.15, -0.1) is 0 Å². The lowest BCUT2D eigenvalue weighted by molar-refractivity contribution is 0.0233. The minimum absolute atomic E-state index is 0.118. The Bertz CT molecular complexity index is 698. The standard InChI is InChI=1S/C15H13N3O/c16-6-11-1-2-14-12(5-11)3-4-15(14)9-19-8-13-7-17-10-18(13)15/h1-2,5,7,10H,3-4,8-9H2. The van der Waals surface area contributed by atoms with Crippen LogP contribution in [0.5, 0.6) is 0 Å². The quantitative estimate of drug-likeness (QED) is 0.719. The molecule has 1 atom stereocenters. The van der Waals surface area contributed by atoms with Crippen molar-refractivity contribution in [2.45, 2.75) is 25.0 Å². The van der Waals surface area contributed by atoms with Crippen molar-refractivity contribution in [2.24, 2.45) is 0 Å². The smallest absolute Gasteiger partial charge is 0.0991 e. The van der Waals surface area contributed by atoms with Gasteiger partial charge in [0.25, 0.3) is 0 Å². The van der Waals surface area contributed by atoms with Crippen molar-refractivity contribution in [3.8, 4) is 6.07 Å². The summed E-state index contributed by atoms with van der Waals surface area (Å²) in [5, 5.41) is 9.01. The Balaban J connectivity index is 1.92. The van der Waals surface area contributed by atoms with Crippen LogP contribution in [0.1, 0.15) is 28.8 Å². The van der Waals surface area contributed by atoms with Gasteiger partial charge in [-0.1, -0.05) is 6.07 Å². The number of nitrogens with zero attached hydrogens (tertiary/aromatic N) is 3. The Morgan fingerprint density at radius 1 is 1.42 bits per heavy atom. The van der Waals surface area contributed by atoms with Crippen molar-refractivity contribution in [3.05, 3.63) is 53.1 Å². The van der Waals surface area contributed by atoms with E-state index >= 15 is 0 Å². The number of benzene rings is 1. The molecule has 1 aromatic carbocycles. The van der Waals surface area contributed by atoms with Gasteiger partial charge >= 0.3 is 0 Å². The first-order valence-corrected chi connectivity index (χ1v) is 6.46. The van der Waals surface area contributed by atoms with Crippen LogP contribution >= 0.6 is 0 Å². The van der Waals surface area contributed by atoms with E-state index in [0.29, 0.717) is 13.2 Å². The molecule has 1 aromatic heterocycles. The number of rotatable bonds is 0. The van der Waals surface area contributed by atoms with Crippen LogP contribution in [-0.2, 0) is 23.3 Å². The average Bonchev–Trinajstić information content (AvgIpc) is 3.05. The maximum absolute atomic E-state index is 9.01. The molecule has 4 heteroatoms. The maximum Gasteiger partial charge on any atom is 0.0991 e. The van der Waals surface area contributed by atoms with Gasteiger partial charge in [0.05, 0.1) is 48.6 Å². The summed E-state index contributed by atoms with van der Waals surface area (Å²) in [6.45, 7) is 1.32. The number of fused-ring (bicyclic) bond motifs is 4. The van der Waals surface area contributed by atoms with Crippen LogP contribution in [0, 0.1) is 11.3 Å². The first-order valence-electron chi connectivity index (χ1n) is 6.46. The zero-order valence-electron chi connectivity index (χ0n) is 10.5. The van der Waals surface area contributed by atoms with Gasteiger partial charge in [0.15, 0.2) is 0 Å². The number of aromatic nitrogens is 2. The fourth-order valence-corrected chi connectivity index (χ4v) is 3.41. The number of hydrogen-bond donors (Lipinski definition) is 0. The summed E-state index contributed by atoms with van der Waals surface area (Å²) >= 11 is 0. The van der Waals surface area contributed by atoms with Crippen molar-refractivity contribution < 1.29 is 4.74 Å². The second-order valence-electron chi connectivity index (χ2n) is 5.26. The summed E-state index contributed by atoms with van der Waals surface area (Å²) in [5.74, 6) is 0. The third-order valence-electron chi connectivity index (χ3n) is 4.31. The van der Waals surface area contributed by atoms with E-state index in [9.17, 15) is 0 Å². The fraction of sp³-hybridized carbons (Fsp3) is 0.333. The predicted molar refractivity (Wildman–Crippen MR) is 68.4 cm³/mol. The molecule has 2 aliphatic rings. The second kappa shape index (κ2) is 3.69. The maximum atomic E-state index is 9.01. The largest absolute Gasteiger partial charge is 0.372 e. The zero-order chi connectivity index (χ0) is 12.9. The summed E-state index contributed by atoms with van der Waals surface area (Å²) in [5.41, 5.74) is 4.30.